The van der Waals surface area contributed by atoms with Gasteiger partial charge in [0, 0.05) is 17.1 Å². The highest BCUT2D eigenvalue weighted by molar-refractivity contribution is 9.10. The van der Waals surface area contributed by atoms with Crippen LogP contribution in [-0.4, -0.2) is 50.4 Å². The second-order valence-corrected chi connectivity index (χ2v) is 13.7. The Morgan fingerprint density at radius 2 is 1.70 bits per heavy atom. The van der Waals surface area contributed by atoms with Gasteiger partial charge in [-0.1, -0.05) is 77.2 Å². The lowest BCUT2D eigenvalue weighted by molar-refractivity contribution is -0.139. The van der Waals surface area contributed by atoms with Crippen LogP contribution in [0.1, 0.15) is 57.1 Å². The van der Waals surface area contributed by atoms with E-state index in [0.29, 0.717) is 12.4 Å². The SMILES string of the molecule is CCOc1ccccc1N(CC(=O)N(Cc1cccc(Br)c1)C(C)C(=O)NC1CCCCC1)S(=O)(=O)c1ccc(C)cc1. The summed E-state index contributed by atoms with van der Waals surface area (Å²) in [7, 11) is -4.19. The second-order valence-electron chi connectivity index (χ2n) is 10.9. The highest BCUT2D eigenvalue weighted by Crippen LogP contribution is 2.33. The minimum Gasteiger partial charge on any atom is -0.492 e. The van der Waals surface area contributed by atoms with Crippen molar-refractivity contribution in [2.45, 2.75) is 76.4 Å². The number of rotatable bonds is 12. The summed E-state index contributed by atoms with van der Waals surface area (Å²) >= 11 is 3.49. The summed E-state index contributed by atoms with van der Waals surface area (Å²) in [5.74, 6) is -0.415. The molecule has 2 amide bonds. The van der Waals surface area contributed by atoms with Crippen molar-refractivity contribution in [3.05, 3.63) is 88.4 Å². The van der Waals surface area contributed by atoms with Crippen LogP contribution in [-0.2, 0) is 26.2 Å². The highest BCUT2D eigenvalue weighted by atomic mass is 79.9. The van der Waals surface area contributed by atoms with Gasteiger partial charge in [0.1, 0.15) is 18.3 Å². The van der Waals surface area contributed by atoms with E-state index in [-0.39, 0.29) is 29.1 Å². The molecule has 10 heteroatoms. The van der Waals surface area contributed by atoms with Gasteiger partial charge in [-0.3, -0.25) is 13.9 Å². The fourth-order valence-corrected chi connectivity index (χ4v) is 7.15. The number of hydrogen-bond donors (Lipinski definition) is 1. The summed E-state index contributed by atoms with van der Waals surface area (Å²) in [6.45, 7) is 5.31. The van der Waals surface area contributed by atoms with E-state index in [2.05, 4.69) is 21.2 Å². The third kappa shape index (κ3) is 8.38. The van der Waals surface area contributed by atoms with Crippen LogP contribution >= 0.6 is 15.9 Å². The number of amides is 2. The number of halogens is 1. The lowest BCUT2D eigenvalue weighted by Gasteiger charge is -2.33. The zero-order valence-electron chi connectivity index (χ0n) is 25.0. The Bertz CT molecular complexity index is 1510. The van der Waals surface area contributed by atoms with Gasteiger partial charge in [0.05, 0.1) is 17.2 Å². The van der Waals surface area contributed by atoms with Crippen molar-refractivity contribution in [2.24, 2.45) is 0 Å². The zero-order valence-corrected chi connectivity index (χ0v) is 27.4. The van der Waals surface area contributed by atoms with Gasteiger partial charge < -0.3 is 15.0 Å². The van der Waals surface area contributed by atoms with Crippen molar-refractivity contribution in [1.82, 2.24) is 10.2 Å². The predicted octanol–water partition coefficient (Wildman–Crippen LogP) is 6.22. The minimum atomic E-state index is -4.19. The summed E-state index contributed by atoms with van der Waals surface area (Å²) in [6.07, 6.45) is 5.10. The maximum Gasteiger partial charge on any atom is 0.264 e. The molecule has 1 fully saturated rings. The Hall–Kier alpha value is -3.37. The monoisotopic (exact) mass is 669 g/mol. The number of anilines is 1. The molecule has 3 aromatic carbocycles. The molecule has 3 aromatic rings. The largest absolute Gasteiger partial charge is 0.492 e. The van der Waals surface area contributed by atoms with Gasteiger partial charge in [0.15, 0.2) is 0 Å². The number of carbonyl (C=O) groups excluding carboxylic acids is 2. The molecule has 1 saturated carbocycles. The van der Waals surface area contributed by atoms with Crippen molar-refractivity contribution < 1.29 is 22.7 Å². The summed E-state index contributed by atoms with van der Waals surface area (Å²) in [5, 5.41) is 3.13. The van der Waals surface area contributed by atoms with Gasteiger partial charge in [-0.25, -0.2) is 8.42 Å². The number of carbonyl (C=O) groups is 2. The Kier molecular flexibility index (Phi) is 11.3. The van der Waals surface area contributed by atoms with Crippen molar-refractivity contribution in [1.29, 1.82) is 0 Å². The van der Waals surface area contributed by atoms with E-state index in [1.807, 2.05) is 38.1 Å². The number of hydrogen-bond acceptors (Lipinski definition) is 5. The second kappa shape index (κ2) is 14.9. The third-order valence-corrected chi connectivity index (χ3v) is 9.95. The molecule has 0 aromatic heterocycles. The number of para-hydroxylation sites is 2. The number of ether oxygens (including phenoxy) is 1. The highest BCUT2D eigenvalue weighted by Gasteiger charge is 2.34. The smallest absolute Gasteiger partial charge is 0.264 e. The normalized spacial score (nSPS) is 14.5. The first kappa shape index (κ1) is 32.5. The summed E-state index contributed by atoms with van der Waals surface area (Å²) in [4.78, 5) is 29.3. The quantitative estimate of drug-likeness (QED) is 0.247. The van der Waals surface area contributed by atoms with Crippen LogP contribution in [0, 0.1) is 6.92 Å². The van der Waals surface area contributed by atoms with Gasteiger partial charge in [-0.15, -0.1) is 0 Å². The lowest BCUT2D eigenvalue weighted by atomic mass is 9.95. The molecule has 0 heterocycles. The molecule has 4 rings (SSSR count). The number of sulfonamides is 1. The van der Waals surface area contributed by atoms with Crippen LogP contribution in [0.5, 0.6) is 5.75 Å². The fraction of sp³-hybridized carbons (Fsp3) is 0.394. The molecule has 1 aliphatic carbocycles. The van der Waals surface area contributed by atoms with E-state index >= 15 is 0 Å². The van der Waals surface area contributed by atoms with Gasteiger partial charge in [-0.2, -0.15) is 0 Å². The molecular weight excluding hydrogens is 630 g/mol. The molecule has 1 atom stereocenters. The molecule has 0 bridgehead atoms. The first-order valence-corrected chi connectivity index (χ1v) is 17.0. The van der Waals surface area contributed by atoms with E-state index < -0.39 is 28.5 Å². The Balaban J connectivity index is 1.72. The summed E-state index contributed by atoms with van der Waals surface area (Å²) in [5.41, 5.74) is 1.97. The topological polar surface area (TPSA) is 96.0 Å². The maximum absolute atomic E-state index is 14.2. The van der Waals surface area contributed by atoms with Gasteiger partial charge in [-0.05, 0) is 75.6 Å². The molecule has 8 nitrogen and oxygen atoms in total. The van der Waals surface area contributed by atoms with E-state index in [1.54, 1.807) is 43.3 Å². The number of nitrogens with zero attached hydrogens (tertiary/aromatic N) is 2. The Morgan fingerprint density at radius 1 is 1.00 bits per heavy atom. The fourth-order valence-electron chi connectivity index (χ4n) is 5.27. The van der Waals surface area contributed by atoms with Crippen LogP contribution in [0.3, 0.4) is 0 Å². The van der Waals surface area contributed by atoms with Crippen LogP contribution in [0.25, 0.3) is 0 Å². The number of benzene rings is 3. The predicted molar refractivity (Wildman–Crippen MR) is 172 cm³/mol. The minimum absolute atomic E-state index is 0.0545. The standard InChI is InChI=1S/C33H40BrN3O5S/c1-4-42-31-16-9-8-15-30(31)37(43(40,41)29-19-17-24(2)18-20-29)23-32(38)36(22-26-11-10-12-27(34)21-26)25(3)33(39)35-28-13-6-5-7-14-28/h8-12,15-21,25,28H,4-7,13-14,22-23H2,1-3H3,(H,35,39). The van der Waals surface area contributed by atoms with Crippen molar-refractivity contribution in [3.63, 3.8) is 0 Å². The van der Waals surface area contributed by atoms with Crippen LogP contribution in [0.15, 0.2) is 82.2 Å². The molecule has 0 aliphatic heterocycles. The third-order valence-electron chi connectivity index (χ3n) is 7.68. The molecule has 0 spiro atoms. The van der Waals surface area contributed by atoms with E-state index in [9.17, 15) is 18.0 Å². The Labute approximate surface area is 263 Å². The van der Waals surface area contributed by atoms with Crippen molar-refractivity contribution >= 4 is 43.5 Å². The number of aryl methyl sites for hydroxylation is 1. The van der Waals surface area contributed by atoms with Gasteiger partial charge in [0.25, 0.3) is 10.0 Å². The van der Waals surface area contributed by atoms with E-state index in [1.165, 1.54) is 17.0 Å². The van der Waals surface area contributed by atoms with E-state index in [4.69, 9.17) is 4.74 Å². The van der Waals surface area contributed by atoms with Gasteiger partial charge >= 0.3 is 0 Å². The number of nitrogens with one attached hydrogen (secondary N) is 1. The molecule has 0 radical (unpaired) electrons. The maximum atomic E-state index is 14.2. The Morgan fingerprint density at radius 3 is 2.37 bits per heavy atom. The summed E-state index contributed by atoms with van der Waals surface area (Å²) in [6, 6.07) is 20.0. The summed E-state index contributed by atoms with van der Waals surface area (Å²) < 4.78 is 36.0. The van der Waals surface area contributed by atoms with Gasteiger partial charge in [0.2, 0.25) is 11.8 Å². The first-order valence-electron chi connectivity index (χ1n) is 14.8. The lowest BCUT2D eigenvalue weighted by Crippen LogP contribution is -2.53. The average Bonchev–Trinajstić information content (AvgIpc) is 2.99. The van der Waals surface area contributed by atoms with Crippen LogP contribution < -0.4 is 14.4 Å². The van der Waals surface area contributed by atoms with Crippen LogP contribution in [0.2, 0.25) is 0 Å². The molecule has 1 N–H and O–H groups in total. The average molecular weight is 671 g/mol. The van der Waals surface area contributed by atoms with E-state index in [0.717, 1.165) is 52.0 Å². The molecule has 43 heavy (non-hydrogen) atoms. The molecule has 1 aliphatic rings. The first-order chi connectivity index (χ1) is 20.6. The molecule has 230 valence electrons. The van der Waals surface area contributed by atoms with Crippen LogP contribution in [0.4, 0.5) is 5.69 Å². The van der Waals surface area contributed by atoms with Crippen molar-refractivity contribution in [3.8, 4) is 5.75 Å². The zero-order chi connectivity index (χ0) is 31.0. The van der Waals surface area contributed by atoms with Crippen molar-refractivity contribution in [2.75, 3.05) is 17.5 Å². The molecular formula is C33H40BrN3O5S. The molecule has 0 saturated heterocycles. The molecule has 1 unspecified atom stereocenters.